The standard InChI is InChI=1S/C19H12F3N5O3/c20-19(21,22)30-13-6-7-15(28)12(8-13)10-24-27-18-25-16(11-4-2-1-3-5-11)14(9-23)17(29)26-18/h1-8,10,28H,(H2,25,26,27,29). The van der Waals surface area contributed by atoms with E-state index in [1.54, 1.807) is 36.4 Å². The number of benzene rings is 2. The Morgan fingerprint density at radius 2 is 1.97 bits per heavy atom. The van der Waals surface area contributed by atoms with E-state index in [2.05, 4.69) is 25.2 Å². The molecule has 11 heteroatoms. The number of alkyl halides is 3. The van der Waals surface area contributed by atoms with Crippen molar-refractivity contribution in [1.29, 1.82) is 5.26 Å². The van der Waals surface area contributed by atoms with Gasteiger partial charge < -0.3 is 9.84 Å². The van der Waals surface area contributed by atoms with E-state index in [0.29, 0.717) is 5.56 Å². The van der Waals surface area contributed by atoms with Gasteiger partial charge in [0.05, 0.1) is 11.9 Å². The molecule has 1 aromatic heterocycles. The molecular formula is C19H12F3N5O3. The van der Waals surface area contributed by atoms with E-state index in [4.69, 9.17) is 0 Å². The number of nitrogens with one attached hydrogen (secondary N) is 2. The number of hydrogen-bond donors (Lipinski definition) is 3. The van der Waals surface area contributed by atoms with Gasteiger partial charge in [0, 0.05) is 11.1 Å². The number of hydrogen-bond acceptors (Lipinski definition) is 7. The zero-order valence-electron chi connectivity index (χ0n) is 14.9. The van der Waals surface area contributed by atoms with Gasteiger partial charge in [-0.25, -0.2) is 10.4 Å². The summed E-state index contributed by atoms with van der Waals surface area (Å²) in [5, 5.41) is 22.8. The number of nitriles is 1. The highest BCUT2D eigenvalue weighted by atomic mass is 19.4. The van der Waals surface area contributed by atoms with E-state index in [-0.39, 0.29) is 28.5 Å². The fourth-order valence-corrected chi connectivity index (χ4v) is 2.43. The van der Waals surface area contributed by atoms with Crippen LogP contribution >= 0.6 is 0 Å². The number of aromatic amines is 1. The summed E-state index contributed by atoms with van der Waals surface area (Å²) in [5.41, 5.74) is 2.10. The average Bonchev–Trinajstić information content (AvgIpc) is 2.69. The first-order chi connectivity index (χ1) is 14.3. The highest BCUT2D eigenvalue weighted by molar-refractivity contribution is 5.84. The van der Waals surface area contributed by atoms with Crippen molar-refractivity contribution >= 4 is 12.2 Å². The lowest BCUT2D eigenvalue weighted by molar-refractivity contribution is -0.274. The average molecular weight is 415 g/mol. The first-order valence-corrected chi connectivity index (χ1v) is 8.24. The van der Waals surface area contributed by atoms with Crippen LogP contribution < -0.4 is 15.7 Å². The van der Waals surface area contributed by atoms with Crippen LogP contribution in [-0.2, 0) is 0 Å². The Kier molecular flexibility index (Phi) is 5.68. The van der Waals surface area contributed by atoms with E-state index in [0.717, 1.165) is 24.4 Å². The Morgan fingerprint density at radius 3 is 2.63 bits per heavy atom. The quantitative estimate of drug-likeness (QED) is 0.434. The highest BCUT2D eigenvalue weighted by Gasteiger charge is 2.31. The van der Waals surface area contributed by atoms with Crippen molar-refractivity contribution in [2.75, 3.05) is 5.43 Å². The molecule has 0 radical (unpaired) electrons. The molecule has 0 saturated carbocycles. The molecular weight excluding hydrogens is 403 g/mol. The second kappa shape index (κ2) is 8.36. The summed E-state index contributed by atoms with van der Waals surface area (Å²) >= 11 is 0. The van der Waals surface area contributed by atoms with Gasteiger partial charge in [0.25, 0.3) is 5.56 Å². The molecule has 0 aliphatic carbocycles. The summed E-state index contributed by atoms with van der Waals surface area (Å²) in [7, 11) is 0. The number of halogens is 3. The second-order valence-electron chi connectivity index (χ2n) is 5.75. The molecule has 8 nitrogen and oxygen atoms in total. The molecule has 0 bridgehead atoms. The third-order valence-corrected chi connectivity index (χ3v) is 3.69. The predicted molar refractivity (Wildman–Crippen MR) is 101 cm³/mol. The molecule has 0 fully saturated rings. The van der Waals surface area contributed by atoms with Gasteiger partial charge in [-0.05, 0) is 18.2 Å². The molecule has 2 aromatic carbocycles. The topological polar surface area (TPSA) is 123 Å². The Balaban J connectivity index is 1.87. The third kappa shape index (κ3) is 4.93. The molecule has 3 N–H and O–H groups in total. The Labute approximate surface area is 166 Å². The van der Waals surface area contributed by atoms with Crippen molar-refractivity contribution in [3.63, 3.8) is 0 Å². The largest absolute Gasteiger partial charge is 0.573 e. The van der Waals surface area contributed by atoms with Crippen LogP contribution in [0.4, 0.5) is 19.1 Å². The Hall–Kier alpha value is -4.33. The van der Waals surface area contributed by atoms with Crippen LogP contribution in [0.2, 0.25) is 0 Å². The van der Waals surface area contributed by atoms with Crippen molar-refractivity contribution in [1.82, 2.24) is 9.97 Å². The van der Waals surface area contributed by atoms with Crippen LogP contribution in [0.15, 0.2) is 58.4 Å². The smallest absolute Gasteiger partial charge is 0.507 e. The van der Waals surface area contributed by atoms with Gasteiger partial charge in [-0.2, -0.15) is 10.4 Å². The third-order valence-electron chi connectivity index (χ3n) is 3.69. The number of ether oxygens (including phenoxy) is 1. The van der Waals surface area contributed by atoms with Gasteiger partial charge in [-0.15, -0.1) is 13.2 Å². The molecule has 1 heterocycles. The van der Waals surface area contributed by atoms with E-state index in [1.165, 1.54) is 0 Å². The maximum atomic E-state index is 12.3. The summed E-state index contributed by atoms with van der Waals surface area (Å²) in [6, 6.07) is 13.2. The van der Waals surface area contributed by atoms with Crippen molar-refractivity contribution < 1.29 is 23.0 Å². The van der Waals surface area contributed by atoms with Crippen molar-refractivity contribution in [3.05, 3.63) is 70.0 Å². The molecule has 0 aliphatic rings. The monoisotopic (exact) mass is 415 g/mol. The minimum Gasteiger partial charge on any atom is -0.507 e. The second-order valence-corrected chi connectivity index (χ2v) is 5.75. The van der Waals surface area contributed by atoms with E-state index < -0.39 is 17.7 Å². The lowest BCUT2D eigenvalue weighted by Gasteiger charge is -2.09. The van der Waals surface area contributed by atoms with Crippen LogP contribution in [0.25, 0.3) is 11.3 Å². The van der Waals surface area contributed by atoms with E-state index in [1.807, 2.05) is 0 Å². The molecule has 0 amide bonds. The maximum Gasteiger partial charge on any atom is 0.573 e. The molecule has 3 aromatic rings. The number of hydrazone groups is 1. The van der Waals surface area contributed by atoms with Gasteiger partial charge in [0.15, 0.2) is 0 Å². The minimum absolute atomic E-state index is 0.0801. The molecule has 30 heavy (non-hydrogen) atoms. The van der Waals surface area contributed by atoms with Crippen LogP contribution in [0.1, 0.15) is 11.1 Å². The highest BCUT2D eigenvalue weighted by Crippen LogP contribution is 2.27. The zero-order chi connectivity index (χ0) is 21.7. The number of aromatic hydroxyl groups is 1. The summed E-state index contributed by atoms with van der Waals surface area (Å²) in [5.74, 6) is -1.00. The number of H-pyrrole nitrogens is 1. The fraction of sp³-hybridized carbons (Fsp3) is 0.0526. The van der Waals surface area contributed by atoms with E-state index in [9.17, 15) is 28.3 Å². The van der Waals surface area contributed by atoms with Crippen LogP contribution in [-0.4, -0.2) is 27.7 Å². The number of phenolic OH excluding ortho intramolecular Hbond substituents is 1. The number of aromatic nitrogens is 2. The minimum atomic E-state index is -4.89. The molecule has 3 rings (SSSR count). The van der Waals surface area contributed by atoms with Crippen LogP contribution in [0, 0.1) is 11.3 Å². The van der Waals surface area contributed by atoms with Gasteiger partial charge >= 0.3 is 6.36 Å². The summed E-state index contributed by atoms with van der Waals surface area (Å²) in [6.07, 6.45) is -3.87. The maximum absolute atomic E-state index is 12.3. The van der Waals surface area contributed by atoms with Crippen LogP contribution in [0.3, 0.4) is 0 Å². The molecule has 0 saturated heterocycles. The Morgan fingerprint density at radius 1 is 1.23 bits per heavy atom. The Bertz CT molecular complexity index is 1180. The predicted octanol–water partition coefficient (Wildman–Crippen LogP) is 3.36. The van der Waals surface area contributed by atoms with Gasteiger partial charge in [0.2, 0.25) is 5.95 Å². The summed E-state index contributed by atoms with van der Waals surface area (Å²) in [6.45, 7) is 0. The molecule has 0 atom stereocenters. The number of anilines is 1. The van der Waals surface area contributed by atoms with Gasteiger partial charge in [-0.3, -0.25) is 9.78 Å². The normalized spacial score (nSPS) is 11.3. The van der Waals surface area contributed by atoms with Crippen molar-refractivity contribution in [2.24, 2.45) is 5.10 Å². The number of phenols is 1. The van der Waals surface area contributed by atoms with Crippen molar-refractivity contribution in [3.8, 4) is 28.8 Å². The van der Waals surface area contributed by atoms with Crippen LogP contribution in [0.5, 0.6) is 11.5 Å². The fourth-order valence-electron chi connectivity index (χ4n) is 2.43. The molecule has 152 valence electrons. The number of nitrogens with zero attached hydrogens (tertiary/aromatic N) is 3. The molecule has 0 aliphatic heterocycles. The summed E-state index contributed by atoms with van der Waals surface area (Å²) < 4.78 is 40.8. The van der Waals surface area contributed by atoms with E-state index >= 15 is 0 Å². The number of rotatable bonds is 5. The lowest BCUT2D eigenvalue weighted by atomic mass is 10.1. The zero-order valence-corrected chi connectivity index (χ0v) is 14.9. The lowest BCUT2D eigenvalue weighted by Crippen LogP contribution is -2.17. The first-order valence-electron chi connectivity index (χ1n) is 8.24. The molecule has 0 spiro atoms. The van der Waals surface area contributed by atoms with Crippen molar-refractivity contribution in [2.45, 2.75) is 6.36 Å². The first kappa shape index (κ1) is 20.4. The van der Waals surface area contributed by atoms with Gasteiger partial charge in [0.1, 0.15) is 23.1 Å². The summed E-state index contributed by atoms with van der Waals surface area (Å²) in [4.78, 5) is 18.6. The molecule has 0 unspecified atom stereocenters. The SMILES string of the molecule is N#Cc1c(-c2ccccc2)nc(NN=Cc2cc(OC(F)(F)F)ccc2O)[nH]c1=O. The van der Waals surface area contributed by atoms with Gasteiger partial charge in [-0.1, -0.05) is 30.3 Å².